The highest BCUT2D eigenvalue weighted by Crippen LogP contribution is 2.12. The molecule has 1 fully saturated rings. The van der Waals surface area contributed by atoms with Crippen molar-refractivity contribution in [1.82, 2.24) is 5.32 Å². The van der Waals surface area contributed by atoms with E-state index in [1.54, 1.807) is 0 Å². The van der Waals surface area contributed by atoms with Gasteiger partial charge in [0, 0.05) is 13.2 Å². The van der Waals surface area contributed by atoms with Crippen LogP contribution in [0.5, 0.6) is 0 Å². The number of nitrogens with one attached hydrogen (secondary N) is 1. The molecule has 18 heavy (non-hydrogen) atoms. The van der Waals surface area contributed by atoms with Gasteiger partial charge < -0.3 is 30.5 Å². The van der Waals surface area contributed by atoms with Gasteiger partial charge >= 0.3 is 0 Å². The molecule has 0 aromatic carbocycles. The van der Waals surface area contributed by atoms with Crippen LogP contribution in [-0.2, 0) is 4.74 Å². The zero-order chi connectivity index (χ0) is 13.4. The topological polar surface area (TPSA) is 102 Å². The molecule has 0 aromatic rings. The van der Waals surface area contributed by atoms with Gasteiger partial charge in [-0.1, -0.05) is 12.8 Å². The van der Waals surface area contributed by atoms with E-state index in [0.717, 1.165) is 32.2 Å². The molecule has 0 amide bonds. The number of β-amino-alcohol motifs (C(OH)–C–C–N with tert-alkyl or cyclic N) is 1. The Bertz CT molecular complexity index is 217. The van der Waals surface area contributed by atoms with Gasteiger partial charge in [-0.2, -0.15) is 0 Å². The first-order chi connectivity index (χ1) is 8.66. The van der Waals surface area contributed by atoms with Crippen LogP contribution in [-0.4, -0.2) is 71.1 Å². The summed E-state index contributed by atoms with van der Waals surface area (Å²) in [5.41, 5.74) is 0. The standard InChI is InChI=1S/C12H25NO5/c14-8-10(16)12-11(17)9(15)7-13-5-3-1-2-4-6-18-12/h9-17H,1-8H2/t9-,10+,11+,12+/m0/s1. The SMILES string of the molecule is OC[C@@H](O)[C@H]1OCCCCCCNC[C@H](O)[C@H]1O. The second-order valence-corrected chi connectivity index (χ2v) is 4.76. The van der Waals surface area contributed by atoms with Crippen molar-refractivity contribution in [3.8, 4) is 0 Å². The van der Waals surface area contributed by atoms with Crippen molar-refractivity contribution in [2.45, 2.75) is 50.1 Å². The third-order valence-electron chi connectivity index (χ3n) is 3.21. The smallest absolute Gasteiger partial charge is 0.114 e. The first-order valence-electron chi connectivity index (χ1n) is 6.64. The predicted octanol–water partition coefficient (Wildman–Crippen LogP) is -1.39. The van der Waals surface area contributed by atoms with Crippen LogP contribution in [0.25, 0.3) is 0 Å². The molecule has 1 rings (SSSR count). The van der Waals surface area contributed by atoms with Crippen LogP contribution in [0.15, 0.2) is 0 Å². The number of hydrogen-bond acceptors (Lipinski definition) is 6. The fourth-order valence-corrected chi connectivity index (χ4v) is 2.06. The van der Waals surface area contributed by atoms with Gasteiger partial charge in [0.25, 0.3) is 0 Å². The molecule has 0 aliphatic carbocycles. The molecule has 0 aromatic heterocycles. The summed E-state index contributed by atoms with van der Waals surface area (Å²) in [4.78, 5) is 0. The zero-order valence-electron chi connectivity index (χ0n) is 10.7. The van der Waals surface area contributed by atoms with Crippen LogP contribution < -0.4 is 5.32 Å². The Morgan fingerprint density at radius 1 is 1.17 bits per heavy atom. The highest BCUT2D eigenvalue weighted by Gasteiger charge is 2.32. The molecule has 1 saturated heterocycles. The number of aliphatic hydroxyl groups excluding tert-OH is 4. The fraction of sp³-hybridized carbons (Fsp3) is 1.00. The molecule has 0 saturated carbocycles. The first-order valence-corrected chi connectivity index (χ1v) is 6.64. The minimum Gasteiger partial charge on any atom is -0.394 e. The van der Waals surface area contributed by atoms with E-state index in [2.05, 4.69) is 5.32 Å². The largest absolute Gasteiger partial charge is 0.394 e. The molecule has 0 unspecified atom stereocenters. The zero-order valence-corrected chi connectivity index (χ0v) is 10.7. The van der Waals surface area contributed by atoms with E-state index in [1.807, 2.05) is 0 Å². The molecule has 1 aliphatic heterocycles. The van der Waals surface area contributed by atoms with Gasteiger partial charge in [0.1, 0.15) is 18.3 Å². The first kappa shape index (κ1) is 15.8. The van der Waals surface area contributed by atoms with Crippen LogP contribution in [0.3, 0.4) is 0 Å². The van der Waals surface area contributed by atoms with Crippen molar-refractivity contribution < 1.29 is 25.2 Å². The third kappa shape index (κ3) is 5.17. The number of ether oxygens (including phenoxy) is 1. The van der Waals surface area contributed by atoms with E-state index in [-0.39, 0.29) is 6.54 Å². The van der Waals surface area contributed by atoms with Crippen molar-refractivity contribution in [3.05, 3.63) is 0 Å². The summed E-state index contributed by atoms with van der Waals surface area (Å²) < 4.78 is 5.40. The van der Waals surface area contributed by atoms with Gasteiger partial charge in [0.05, 0.1) is 12.7 Å². The molecule has 0 radical (unpaired) electrons. The summed E-state index contributed by atoms with van der Waals surface area (Å²) in [6.45, 7) is 0.970. The maximum Gasteiger partial charge on any atom is 0.114 e. The van der Waals surface area contributed by atoms with E-state index in [4.69, 9.17) is 9.84 Å². The normalized spacial score (nSPS) is 34.3. The molecular weight excluding hydrogens is 238 g/mol. The Morgan fingerprint density at radius 2 is 1.89 bits per heavy atom. The molecule has 1 aliphatic rings. The van der Waals surface area contributed by atoms with Gasteiger partial charge in [-0.15, -0.1) is 0 Å². The second kappa shape index (κ2) is 8.79. The Morgan fingerprint density at radius 3 is 2.61 bits per heavy atom. The summed E-state index contributed by atoms with van der Waals surface area (Å²) in [6, 6.07) is 0. The van der Waals surface area contributed by atoms with Crippen LogP contribution in [0.1, 0.15) is 25.7 Å². The van der Waals surface area contributed by atoms with E-state index in [1.165, 1.54) is 0 Å². The monoisotopic (exact) mass is 263 g/mol. The Kier molecular flexibility index (Phi) is 7.73. The lowest BCUT2D eigenvalue weighted by Crippen LogP contribution is -2.50. The van der Waals surface area contributed by atoms with Gasteiger partial charge in [0.2, 0.25) is 0 Å². The molecule has 0 bridgehead atoms. The minimum absolute atomic E-state index is 0.249. The lowest BCUT2D eigenvalue weighted by Gasteiger charge is -2.30. The molecule has 5 N–H and O–H groups in total. The van der Waals surface area contributed by atoms with Crippen molar-refractivity contribution in [2.75, 3.05) is 26.3 Å². The molecule has 1 heterocycles. The predicted molar refractivity (Wildman–Crippen MR) is 66.2 cm³/mol. The molecule has 6 heteroatoms. The average molecular weight is 263 g/mol. The number of rotatable bonds is 2. The maximum atomic E-state index is 9.94. The van der Waals surface area contributed by atoms with Crippen LogP contribution >= 0.6 is 0 Å². The maximum absolute atomic E-state index is 9.94. The Balaban J connectivity index is 2.58. The summed E-state index contributed by atoms with van der Waals surface area (Å²) in [5, 5.41) is 41.3. The lowest BCUT2D eigenvalue weighted by atomic mass is 10.0. The van der Waals surface area contributed by atoms with Gasteiger partial charge in [0.15, 0.2) is 0 Å². The fourth-order valence-electron chi connectivity index (χ4n) is 2.06. The van der Waals surface area contributed by atoms with Crippen LogP contribution in [0.4, 0.5) is 0 Å². The average Bonchev–Trinajstić information content (AvgIpc) is 2.38. The summed E-state index contributed by atoms with van der Waals surface area (Å²) in [5.74, 6) is 0. The van der Waals surface area contributed by atoms with E-state index in [0.29, 0.717) is 6.61 Å². The van der Waals surface area contributed by atoms with Crippen molar-refractivity contribution in [2.24, 2.45) is 0 Å². The second-order valence-electron chi connectivity index (χ2n) is 4.76. The molecular formula is C12H25NO5. The molecule has 108 valence electrons. The Labute approximate surface area is 108 Å². The third-order valence-corrected chi connectivity index (χ3v) is 3.21. The summed E-state index contributed by atoms with van der Waals surface area (Å²) in [7, 11) is 0. The summed E-state index contributed by atoms with van der Waals surface area (Å²) in [6.07, 6.45) is -0.369. The van der Waals surface area contributed by atoms with Crippen molar-refractivity contribution >= 4 is 0 Å². The van der Waals surface area contributed by atoms with Gasteiger partial charge in [-0.25, -0.2) is 0 Å². The number of hydrogen-bond donors (Lipinski definition) is 5. The van der Waals surface area contributed by atoms with Crippen LogP contribution in [0, 0.1) is 0 Å². The minimum atomic E-state index is -1.21. The van der Waals surface area contributed by atoms with Gasteiger partial charge in [-0.3, -0.25) is 0 Å². The van der Waals surface area contributed by atoms with E-state index < -0.39 is 31.0 Å². The molecule has 6 nitrogen and oxygen atoms in total. The lowest BCUT2D eigenvalue weighted by molar-refractivity contribution is -0.142. The molecule has 0 spiro atoms. The van der Waals surface area contributed by atoms with Crippen LogP contribution in [0.2, 0.25) is 0 Å². The van der Waals surface area contributed by atoms with E-state index in [9.17, 15) is 15.3 Å². The van der Waals surface area contributed by atoms with Crippen molar-refractivity contribution in [3.63, 3.8) is 0 Å². The highest BCUT2D eigenvalue weighted by molar-refractivity contribution is 4.83. The molecule has 4 atom stereocenters. The highest BCUT2D eigenvalue weighted by atomic mass is 16.5. The van der Waals surface area contributed by atoms with Crippen molar-refractivity contribution in [1.29, 1.82) is 0 Å². The van der Waals surface area contributed by atoms with E-state index >= 15 is 0 Å². The summed E-state index contributed by atoms with van der Waals surface area (Å²) >= 11 is 0. The quantitative estimate of drug-likeness (QED) is 0.420. The number of aliphatic hydroxyl groups is 4. The Hall–Kier alpha value is -0.240. The van der Waals surface area contributed by atoms with Gasteiger partial charge in [-0.05, 0) is 19.4 Å².